The molecule has 222 valence electrons. The highest BCUT2D eigenvalue weighted by atomic mass is 16.7. The summed E-state index contributed by atoms with van der Waals surface area (Å²) in [6.45, 7) is 8.86. The minimum atomic E-state index is -0.645. The zero-order valence-electron chi connectivity index (χ0n) is 24.5. The molecule has 0 saturated carbocycles. The Labute approximate surface area is 250 Å². The van der Waals surface area contributed by atoms with E-state index in [4.69, 9.17) is 9.47 Å². The van der Waals surface area contributed by atoms with E-state index in [0.29, 0.717) is 17.2 Å². The number of hydrogen-bond donors (Lipinski definition) is 2. The molecule has 1 aliphatic rings. The van der Waals surface area contributed by atoms with Gasteiger partial charge in [-0.2, -0.15) is 0 Å². The number of rotatable bonds is 9. The highest BCUT2D eigenvalue weighted by Crippen LogP contribution is 2.24. The van der Waals surface area contributed by atoms with Gasteiger partial charge in [-0.3, -0.25) is 14.7 Å². The number of anilines is 4. The van der Waals surface area contributed by atoms with Crippen molar-refractivity contribution in [3.63, 3.8) is 0 Å². The lowest BCUT2D eigenvalue weighted by Gasteiger charge is -2.35. The van der Waals surface area contributed by atoms with Crippen LogP contribution < -0.4 is 15.5 Å². The third-order valence-corrected chi connectivity index (χ3v) is 6.92. The normalized spacial score (nSPS) is 13.4. The molecule has 43 heavy (non-hydrogen) atoms. The van der Waals surface area contributed by atoms with E-state index in [1.165, 1.54) is 0 Å². The standard InChI is InChI=1S/C32H35N7O4/c1-22(2)43-32(41)42-21-38-15-17-39(18-16-38)27-10-8-26(9-11-27)35-30(40)24-7-6-23(3)29(19-24)37-31-34-14-12-28(36-31)25-5-4-13-33-20-25/h4-14,19-20,22H,15-18,21H2,1-3H3,(H,35,40)(H,34,36,37). The number of benzene rings is 2. The molecule has 0 atom stereocenters. The summed E-state index contributed by atoms with van der Waals surface area (Å²) in [4.78, 5) is 42.2. The van der Waals surface area contributed by atoms with Crippen molar-refractivity contribution in [3.05, 3.63) is 90.4 Å². The number of aromatic nitrogens is 3. The maximum Gasteiger partial charge on any atom is 0.509 e. The van der Waals surface area contributed by atoms with Gasteiger partial charge >= 0.3 is 6.16 Å². The van der Waals surface area contributed by atoms with Crippen LogP contribution in [-0.4, -0.2) is 70.9 Å². The molecule has 1 aliphatic heterocycles. The topological polar surface area (TPSA) is 122 Å². The summed E-state index contributed by atoms with van der Waals surface area (Å²) in [5.41, 5.74) is 5.61. The van der Waals surface area contributed by atoms with Gasteiger partial charge in [0.2, 0.25) is 5.95 Å². The molecule has 11 heteroatoms. The molecule has 1 amide bonds. The molecule has 11 nitrogen and oxygen atoms in total. The minimum Gasteiger partial charge on any atom is -0.432 e. The lowest BCUT2D eigenvalue weighted by atomic mass is 10.1. The van der Waals surface area contributed by atoms with Gasteiger partial charge in [-0.05, 0) is 80.9 Å². The molecule has 2 aromatic heterocycles. The molecule has 0 bridgehead atoms. The van der Waals surface area contributed by atoms with E-state index in [1.54, 1.807) is 44.6 Å². The first kappa shape index (κ1) is 29.5. The number of hydrogen-bond acceptors (Lipinski definition) is 10. The Morgan fingerprint density at radius 2 is 1.77 bits per heavy atom. The van der Waals surface area contributed by atoms with Crippen LogP contribution in [0.2, 0.25) is 0 Å². The molecular formula is C32H35N7O4. The zero-order valence-corrected chi connectivity index (χ0v) is 24.5. The number of nitrogens with one attached hydrogen (secondary N) is 2. The number of amides is 1. The Bertz CT molecular complexity index is 1540. The van der Waals surface area contributed by atoms with Crippen molar-refractivity contribution >= 4 is 35.1 Å². The van der Waals surface area contributed by atoms with Crippen molar-refractivity contribution in [1.82, 2.24) is 19.9 Å². The second-order valence-electron chi connectivity index (χ2n) is 10.5. The van der Waals surface area contributed by atoms with Gasteiger partial charge in [0.25, 0.3) is 5.91 Å². The van der Waals surface area contributed by atoms with Crippen molar-refractivity contribution in [1.29, 1.82) is 0 Å². The molecule has 2 N–H and O–H groups in total. The van der Waals surface area contributed by atoms with Crippen molar-refractivity contribution < 1.29 is 19.1 Å². The Morgan fingerprint density at radius 3 is 2.49 bits per heavy atom. The second kappa shape index (κ2) is 13.8. The van der Waals surface area contributed by atoms with Crippen molar-refractivity contribution in [2.75, 3.05) is 48.4 Å². The lowest BCUT2D eigenvalue weighted by molar-refractivity contribution is -0.00199. The van der Waals surface area contributed by atoms with Crippen molar-refractivity contribution in [2.24, 2.45) is 0 Å². The summed E-state index contributed by atoms with van der Waals surface area (Å²) in [5.74, 6) is 0.213. The van der Waals surface area contributed by atoms with Gasteiger partial charge in [-0.1, -0.05) is 6.07 Å². The van der Waals surface area contributed by atoms with Gasteiger partial charge in [-0.25, -0.2) is 14.8 Å². The third-order valence-electron chi connectivity index (χ3n) is 6.92. The Hall–Kier alpha value is -5.03. The Balaban J connectivity index is 1.16. The maximum atomic E-state index is 13.1. The first-order valence-electron chi connectivity index (χ1n) is 14.2. The summed E-state index contributed by atoms with van der Waals surface area (Å²) < 4.78 is 10.2. The van der Waals surface area contributed by atoms with Crippen molar-refractivity contribution in [3.8, 4) is 11.3 Å². The van der Waals surface area contributed by atoms with Gasteiger partial charge in [0.15, 0.2) is 0 Å². The van der Waals surface area contributed by atoms with Gasteiger partial charge in [0.1, 0.15) is 6.73 Å². The average molecular weight is 582 g/mol. The van der Waals surface area contributed by atoms with E-state index < -0.39 is 6.16 Å². The SMILES string of the molecule is Cc1ccc(C(=O)Nc2ccc(N3CCN(COC(=O)OC(C)C)CC3)cc2)cc1Nc1nccc(-c2cccnc2)n1. The van der Waals surface area contributed by atoms with Gasteiger partial charge in [-0.15, -0.1) is 0 Å². The van der Waals surface area contributed by atoms with E-state index in [0.717, 1.165) is 54.4 Å². The molecule has 0 unspecified atom stereocenters. The van der Waals surface area contributed by atoms with E-state index in [2.05, 4.69) is 35.4 Å². The first-order chi connectivity index (χ1) is 20.8. The summed E-state index contributed by atoms with van der Waals surface area (Å²) in [6.07, 6.45) is 4.31. The molecular weight excluding hydrogens is 546 g/mol. The second-order valence-corrected chi connectivity index (χ2v) is 10.5. The Morgan fingerprint density at radius 1 is 0.977 bits per heavy atom. The minimum absolute atomic E-state index is 0.203. The largest absolute Gasteiger partial charge is 0.509 e. The summed E-state index contributed by atoms with van der Waals surface area (Å²) >= 11 is 0. The molecule has 0 radical (unpaired) electrons. The molecule has 0 spiro atoms. The van der Waals surface area contributed by atoms with Crippen LogP contribution in [0.4, 0.5) is 27.8 Å². The van der Waals surface area contributed by atoms with E-state index in [-0.39, 0.29) is 18.7 Å². The average Bonchev–Trinajstić information content (AvgIpc) is 3.02. The molecule has 1 saturated heterocycles. The predicted octanol–water partition coefficient (Wildman–Crippen LogP) is 5.48. The van der Waals surface area contributed by atoms with Crippen LogP contribution in [0.25, 0.3) is 11.3 Å². The Kier molecular flexibility index (Phi) is 9.42. The first-order valence-corrected chi connectivity index (χ1v) is 14.2. The van der Waals surface area contributed by atoms with Gasteiger partial charge < -0.3 is 25.0 Å². The molecule has 5 rings (SSSR count). The number of piperazine rings is 1. The van der Waals surface area contributed by atoms with E-state index >= 15 is 0 Å². The van der Waals surface area contributed by atoms with Crippen LogP contribution in [0.5, 0.6) is 0 Å². The number of nitrogens with zero attached hydrogens (tertiary/aromatic N) is 5. The third kappa shape index (κ3) is 8.04. The number of ether oxygens (including phenoxy) is 2. The number of carbonyl (C=O) groups excluding carboxylic acids is 2. The zero-order chi connectivity index (χ0) is 30.2. The fourth-order valence-electron chi connectivity index (χ4n) is 4.58. The number of pyridine rings is 1. The van der Waals surface area contributed by atoms with Gasteiger partial charge in [0.05, 0.1) is 11.8 Å². The molecule has 0 aliphatic carbocycles. The summed E-state index contributed by atoms with van der Waals surface area (Å²) in [7, 11) is 0. The van der Waals surface area contributed by atoms with Crippen LogP contribution >= 0.6 is 0 Å². The molecule has 3 heterocycles. The highest BCUT2D eigenvalue weighted by Gasteiger charge is 2.19. The quantitative estimate of drug-likeness (QED) is 0.246. The molecule has 2 aromatic carbocycles. The highest BCUT2D eigenvalue weighted by molar-refractivity contribution is 6.05. The monoisotopic (exact) mass is 581 g/mol. The van der Waals surface area contributed by atoms with E-state index in [1.807, 2.05) is 55.5 Å². The van der Waals surface area contributed by atoms with Crippen LogP contribution in [0, 0.1) is 6.92 Å². The fourth-order valence-corrected chi connectivity index (χ4v) is 4.58. The maximum absolute atomic E-state index is 13.1. The van der Waals surface area contributed by atoms with E-state index in [9.17, 15) is 9.59 Å². The van der Waals surface area contributed by atoms with Crippen molar-refractivity contribution in [2.45, 2.75) is 26.9 Å². The van der Waals surface area contributed by atoms with Crippen LogP contribution in [0.15, 0.2) is 79.3 Å². The fraction of sp³-hybridized carbons (Fsp3) is 0.281. The van der Waals surface area contributed by atoms with Gasteiger partial charge in [0, 0.05) is 73.0 Å². The van der Waals surface area contributed by atoms with Crippen LogP contribution in [-0.2, 0) is 9.47 Å². The number of aryl methyl sites for hydroxylation is 1. The predicted molar refractivity (Wildman–Crippen MR) is 165 cm³/mol. The summed E-state index contributed by atoms with van der Waals surface area (Å²) in [5, 5.41) is 6.23. The summed E-state index contributed by atoms with van der Waals surface area (Å²) in [6, 6.07) is 18.9. The van der Waals surface area contributed by atoms with Crippen LogP contribution in [0.1, 0.15) is 29.8 Å². The number of carbonyl (C=O) groups is 2. The lowest BCUT2D eigenvalue weighted by Crippen LogP contribution is -2.47. The smallest absolute Gasteiger partial charge is 0.432 e. The molecule has 1 fully saturated rings. The molecule has 4 aromatic rings. The van der Waals surface area contributed by atoms with Crippen LogP contribution in [0.3, 0.4) is 0 Å².